The van der Waals surface area contributed by atoms with Gasteiger partial charge in [0.2, 0.25) is 0 Å². The molecule has 2 aromatic carbocycles. The molecule has 254 valence electrons. The Morgan fingerprint density at radius 3 is 2.55 bits per heavy atom. The van der Waals surface area contributed by atoms with E-state index in [0.29, 0.717) is 35.0 Å². The molecule has 3 aromatic heterocycles. The van der Waals surface area contributed by atoms with Crippen LogP contribution in [-0.4, -0.2) is 66.3 Å². The van der Waals surface area contributed by atoms with Crippen LogP contribution in [0.5, 0.6) is 0 Å². The highest BCUT2D eigenvalue weighted by Gasteiger charge is 2.26. The van der Waals surface area contributed by atoms with Crippen LogP contribution in [0, 0.1) is 18.7 Å². The van der Waals surface area contributed by atoms with Crippen LogP contribution in [0.2, 0.25) is 0 Å². The van der Waals surface area contributed by atoms with E-state index in [-0.39, 0.29) is 27.5 Å². The highest BCUT2D eigenvalue weighted by Crippen LogP contribution is 2.38. The second-order valence-electron chi connectivity index (χ2n) is 13.1. The van der Waals surface area contributed by atoms with Crippen molar-refractivity contribution in [2.75, 3.05) is 25.0 Å². The number of aliphatic imine (C=N–C) groups is 1. The highest BCUT2D eigenvalue weighted by molar-refractivity contribution is 7.90. The maximum absolute atomic E-state index is 15.9. The minimum Gasteiger partial charge on any atom is -0.442 e. The molecule has 1 atom stereocenters. The molecule has 4 heterocycles. The van der Waals surface area contributed by atoms with Crippen molar-refractivity contribution in [2.45, 2.75) is 51.0 Å². The van der Waals surface area contributed by atoms with Crippen molar-refractivity contribution in [2.24, 2.45) is 10.9 Å². The van der Waals surface area contributed by atoms with E-state index in [0.717, 1.165) is 28.1 Å². The Labute approximate surface area is 283 Å². The second-order valence-corrected chi connectivity index (χ2v) is 14.9. The summed E-state index contributed by atoms with van der Waals surface area (Å²) < 4.78 is 50.2. The third kappa shape index (κ3) is 6.89. The summed E-state index contributed by atoms with van der Waals surface area (Å²) in [6, 6.07) is 12.9. The number of anilines is 1. The van der Waals surface area contributed by atoms with Crippen LogP contribution in [0.1, 0.15) is 49.5 Å². The molecule has 1 aliphatic rings. The van der Waals surface area contributed by atoms with E-state index in [9.17, 15) is 18.0 Å². The first-order chi connectivity index (χ1) is 23.2. The minimum absolute atomic E-state index is 0.0447. The lowest BCUT2D eigenvalue weighted by Crippen LogP contribution is -2.36. The van der Waals surface area contributed by atoms with Crippen LogP contribution in [0.4, 0.5) is 14.9 Å². The van der Waals surface area contributed by atoms with Gasteiger partial charge in [-0.05, 0) is 82.5 Å². The summed E-state index contributed by atoms with van der Waals surface area (Å²) in [6.07, 6.45) is 6.89. The first-order valence-corrected chi connectivity index (χ1v) is 17.4. The Morgan fingerprint density at radius 2 is 1.84 bits per heavy atom. The number of aromatic nitrogens is 3. The van der Waals surface area contributed by atoms with Gasteiger partial charge in [-0.2, -0.15) is 4.99 Å². The molecular weight excluding hydrogens is 647 g/mol. The summed E-state index contributed by atoms with van der Waals surface area (Å²) >= 11 is 0. The summed E-state index contributed by atoms with van der Waals surface area (Å²) in [5.74, 6) is -1.04. The highest BCUT2D eigenvalue weighted by atomic mass is 32.2. The van der Waals surface area contributed by atoms with Crippen molar-refractivity contribution >= 4 is 55.9 Å². The van der Waals surface area contributed by atoms with Crippen molar-refractivity contribution in [1.82, 2.24) is 19.3 Å². The molecule has 5 aromatic rings. The largest absolute Gasteiger partial charge is 0.442 e. The molecule has 1 fully saturated rings. The average molecular weight is 685 g/mol. The third-order valence-corrected chi connectivity index (χ3v) is 10.0. The molecular formula is C36H37FN6O5S. The van der Waals surface area contributed by atoms with Crippen LogP contribution in [0.3, 0.4) is 0 Å². The van der Waals surface area contributed by atoms with E-state index in [4.69, 9.17) is 4.74 Å². The molecule has 0 spiro atoms. The molecule has 6 rings (SSSR count). The van der Waals surface area contributed by atoms with Crippen LogP contribution in [0.15, 0.2) is 77.0 Å². The van der Waals surface area contributed by atoms with E-state index in [2.05, 4.69) is 25.2 Å². The summed E-state index contributed by atoms with van der Waals surface area (Å²) in [7, 11) is -2.63. The fourth-order valence-corrected chi connectivity index (χ4v) is 7.34. The van der Waals surface area contributed by atoms with Gasteiger partial charge in [0.1, 0.15) is 16.9 Å². The summed E-state index contributed by atoms with van der Waals surface area (Å²) in [5.41, 5.74) is 2.22. The first-order valence-electron chi connectivity index (χ1n) is 15.9. The van der Waals surface area contributed by atoms with Gasteiger partial charge in [-0.3, -0.25) is 9.78 Å². The smallest absolute Gasteiger partial charge is 0.433 e. The number of aryl methyl sites for hydroxylation is 1. The minimum atomic E-state index is -4.12. The molecule has 0 radical (unpaired) electrons. The maximum Gasteiger partial charge on any atom is 0.433 e. The zero-order chi connectivity index (χ0) is 35.1. The zero-order valence-corrected chi connectivity index (χ0v) is 28.7. The molecule has 0 saturated carbocycles. The fourth-order valence-electron chi connectivity index (χ4n) is 6.02. The number of halogens is 1. The van der Waals surface area contributed by atoms with E-state index in [1.807, 2.05) is 13.0 Å². The Balaban J connectivity index is 1.45. The van der Waals surface area contributed by atoms with Crippen molar-refractivity contribution in [3.05, 3.63) is 84.1 Å². The van der Waals surface area contributed by atoms with E-state index in [1.165, 1.54) is 37.6 Å². The summed E-state index contributed by atoms with van der Waals surface area (Å²) in [5, 5.41) is 3.45. The quantitative estimate of drug-likeness (QED) is 0.200. The van der Waals surface area contributed by atoms with Crippen LogP contribution < -0.4 is 10.2 Å². The average Bonchev–Trinajstić information content (AvgIpc) is 3.46. The molecule has 0 aliphatic carbocycles. The number of pyridine rings is 2. The monoisotopic (exact) mass is 684 g/mol. The number of amides is 2. The molecule has 1 unspecified atom stereocenters. The van der Waals surface area contributed by atoms with Gasteiger partial charge in [-0.15, -0.1) is 0 Å². The normalized spacial score (nSPS) is 15.6. The fraction of sp³-hybridized carbons (Fsp3) is 0.306. The lowest BCUT2D eigenvalue weighted by atomic mass is 9.97. The van der Waals surface area contributed by atoms with Gasteiger partial charge in [-0.1, -0.05) is 17.7 Å². The van der Waals surface area contributed by atoms with Crippen molar-refractivity contribution in [1.29, 1.82) is 0 Å². The number of carbonyl (C=O) groups excluding carboxylic acids is 2. The number of rotatable bonds is 6. The SMILES string of the molecule is CNC(=O)c1cnc2c(c1)c(-c1cc(F)c3nccc(N4CCCC(C=NC(=O)OC(C)(C)C)C4)c3c1)cn2S(=O)(=O)c1ccc(C)cc1. The predicted molar refractivity (Wildman–Crippen MR) is 187 cm³/mol. The number of nitrogens with one attached hydrogen (secondary N) is 1. The maximum atomic E-state index is 15.9. The van der Waals surface area contributed by atoms with E-state index >= 15 is 4.39 Å². The number of hydrogen-bond donors (Lipinski definition) is 1. The Kier molecular flexibility index (Phi) is 8.97. The molecule has 11 nitrogen and oxygen atoms in total. The molecule has 0 bridgehead atoms. The molecule has 1 aliphatic heterocycles. The van der Waals surface area contributed by atoms with E-state index < -0.39 is 33.4 Å². The Morgan fingerprint density at radius 1 is 1.08 bits per heavy atom. The number of carbonyl (C=O) groups is 2. The van der Waals surface area contributed by atoms with Gasteiger partial charge in [0.15, 0.2) is 5.65 Å². The molecule has 13 heteroatoms. The topological polar surface area (TPSA) is 136 Å². The van der Waals surface area contributed by atoms with Gasteiger partial charge < -0.3 is 15.0 Å². The third-order valence-electron chi connectivity index (χ3n) is 8.35. The Bertz CT molecular complexity index is 2230. The predicted octanol–water partition coefficient (Wildman–Crippen LogP) is 6.52. The van der Waals surface area contributed by atoms with E-state index in [1.54, 1.807) is 57.4 Å². The number of ether oxygens (including phenoxy) is 1. The second kappa shape index (κ2) is 13.0. The van der Waals surface area contributed by atoms with Crippen molar-refractivity contribution < 1.29 is 27.1 Å². The Hall–Kier alpha value is -5.17. The lowest BCUT2D eigenvalue weighted by Gasteiger charge is -2.33. The lowest BCUT2D eigenvalue weighted by molar-refractivity contribution is 0.0604. The van der Waals surface area contributed by atoms with Gasteiger partial charge >= 0.3 is 6.09 Å². The number of benzene rings is 2. The van der Waals surface area contributed by atoms with Crippen LogP contribution in [0.25, 0.3) is 33.1 Å². The van der Waals surface area contributed by atoms with Crippen molar-refractivity contribution in [3.63, 3.8) is 0 Å². The van der Waals surface area contributed by atoms with Crippen molar-refractivity contribution in [3.8, 4) is 11.1 Å². The summed E-state index contributed by atoms with van der Waals surface area (Å²) in [6.45, 7) is 8.43. The van der Waals surface area contributed by atoms with Gasteiger partial charge in [0.25, 0.3) is 15.9 Å². The zero-order valence-electron chi connectivity index (χ0n) is 27.9. The number of nitrogens with zero attached hydrogens (tertiary/aromatic N) is 5. The summed E-state index contributed by atoms with van der Waals surface area (Å²) in [4.78, 5) is 39.7. The van der Waals surface area contributed by atoms with Crippen LogP contribution >= 0.6 is 0 Å². The number of piperidine rings is 1. The number of fused-ring (bicyclic) bond motifs is 2. The van der Waals surface area contributed by atoms with Gasteiger partial charge in [0, 0.05) is 72.9 Å². The molecule has 2 amide bonds. The number of hydrogen-bond acceptors (Lipinski definition) is 8. The van der Waals surface area contributed by atoms with Crippen LogP contribution in [-0.2, 0) is 14.8 Å². The van der Waals surface area contributed by atoms with Gasteiger partial charge in [0.05, 0.1) is 10.5 Å². The first kappa shape index (κ1) is 33.7. The molecule has 49 heavy (non-hydrogen) atoms. The van der Waals surface area contributed by atoms with Gasteiger partial charge in [-0.25, -0.2) is 26.6 Å². The molecule has 1 saturated heterocycles. The molecule has 1 N–H and O–H groups in total. The standard InChI is InChI=1S/C36H37FN6O5S/c1-22-8-10-26(11-9-22)49(46,47)43-21-29(27-16-25(34(44)38-5)19-40-33(27)43)24-15-28-31(12-13-39-32(28)30(37)17-24)42-14-6-7-23(20-42)18-41-35(45)48-36(2,3)4/h8-13,15-19,21,23H,6-7,14,20H2,1-5H3,(H,38,44).